The number of hydrogen-bond donors (Lipinski definition) is 2. The van der Waals surface area contributed by atoms with Gasteiger partial charge in [0.05, 0.1) is 0 Å². The van der Waals surface area contributed by atoms with Gasteiger partial charge in [-0.1, -0.05) is 17.7 Å². The van der Waals surface area contributed by atoms with Crippen LogP contribution >= 0.6 is 11.6 Å². The van der Waals surface area contributed by atoms with E-state index in [1.54, 1.807) is 24.3 Å². The van der Waals surface area contributed by atoms with E-state index in [2.05, 4.69) is 10.6 Å². The van der Waals surface area contributed by atoms with Crippen molar-refractivity contribution >= 4 is 17.6 Å². The fraction of sp³-hybridized carbons (Fsp3) is 0.188. The molecule has 6 nitrogen and oxygen atoms in total. The van der Waals surface area contributed by atoms with Crippen molar-refractivity contribution in [3.05, 3.63) is 53.1 Å². The second kappa shape index (κ2) is 7.11. The van der Waals surface area contributed by atoms with Gasteiger partial charge >= 0.3 is 6.03 Å². The number of carbonyl (C=O) groups is 1. The minimum absolute atomic E-state index is 0.0641. The first-order chi connectivity index (χ1) is 11.2. The molecule has 2 aromatic rings. The van der Waals surface area contributed by atoms with Crippen LogP contribution in [0.4, 0.5) is 4.79 Å². The number of amides is 2. The second-order valence-electron chi connectivity index (χ2n) is 4.79. The molecule has 0 unspecified atom stereocenters. The smallest absolute Gasteiger partial charge is 0.317 e. The quantitative estimate of drug-likeness (QED) is 0.825. The fourth-order valence-corrected chi connectivity index (χ4v) is 2.14. The molecule has 120 valence electrons. The molecule has 0 spiro atoms. The van der Waals surface area contributed by atoms with Gasteiger partial charge in [0.2, 0.25) is 6.79 Å². The van der Waals surface area contributed by atoms with Gasteiger partial charge in [0.1, 0.15) is 5.75 Å². The van der Waals surface area contributed by atoms with E-state index in [1.165, 1.54) is 0 Å². The van der Waals surface area contributed by atoms with Crippen LogP contribution in [0.1, 0.15) is 5.56 Å². The van der Waals surface area contributed by atoms with Crippen LogP contribution in [-0.2, 0) is 6.54 Å². The van der Waals surface area contributed by atoms with E-state index in [9.17, 15) is 4.79 Å². The maximum atomic E-state index is 11.7. The van der Waals surface area contributed by atoms with Gasteiger partial charge in [-0.15, -0.1) is 0 Å². The lowest BCUT2D eigenvalue weighted by Gasteiger charge is -2.09. The van der Waals surface area contributed by atoms with Crippen LogP contribution in [0, 0.1) is 0 Å². The average Bonchev–Trinajstić information content (AvgIpc) is 3.02. The van der Waals surface area contributed by atoms with E-state index in [-0.39, 0.29) is 19.6 Å². The van der Waals surface area contributed by atoms with Crippen LogP contribution < -0.4 is 24.8 Å². The van der Waals surface area contributed by atoms with E-state index in [1.807, 2.05) is 18.2 Å². The van der Waals surface area contributed by atoms with Gasteiger partial charge in [0, 0.05) is 11.6 Å². The third-order valence-corrected chi connectivity index (χ3v) is 3.43. The molecule has 1 aliphatic heterocycles. The molecule has 0 aromatic heterocycles. The van der Waals surface area contributed by atoms with Crippen molar-refractivity contribution < 1.29 is 19.0 Å². The summed E-state index contributed by atoms with van der Waals surface area (Å²) in [5, 5.41) is 5.98. The van der Waals surface area contributed by atoms with Crippen LogP contribution in [0.2, 0.25) is 5.02 Å². The van der Waals surface area contributed by atoms with Crippen LogP contribution in [0.15, 0.2) is 42.5 Å². The molecule has 2 N–H and O–H groups in total. The second-order valence-corrected chi connectivity index (χ2v) is 5.23. The Balaban J connectivity index is 1.40. The normalized spacial score (nSPS) is 11.9. The predicted octanol–water partition coefficient (Wildman–Crippen LogP) is 2.90. The van der Waals surface area contributed by atoms with Crippen LogP contribution in [0.25, 0.3) is 0 Å². The summed E-state index contributed by atoms with van der Waals surface area (Å²) in [5.41, 5.74) is 0.919. The average molecular weight is 335 g/mol. The summed E-state index contributed by atoms with van der Waals surface area (Å²) in [5.74, 6) is 2.04. The molecule has 0 saturated heterocycles. The zero-order chi connectivity index (χ0) is 16.1. The fourth-order valence-electron chi connectivity index (χ4n) is 2.01. The summed E-state index contributed by atoms with van der Waals surface area (Å²) in [6.45, 7) is 0.673. The molecule has 0 bridgehead atoms. The monoisotopic (exact) mass is 334 g/mol. The molecule has 2 amide bonds. The van der Waals surface area contributed by atoms with Crippen molar-refractivity contribution in [2.24, 2.45) is 0 Å². The first kappa shape index (κ1) is 15.3. The van der Waals surface area contributed by atoms with E-state index >= 15 is 0 Å². The van der Waals surface area contributed by atoms with Crippen molar-refractivity contribution in [2.45, 2.75) is 6.54 Å². The van der Waals surface area contributed by atoms with Crippen LogP contribution in [0.5, 0.6) is 17.2 Å². The van der Waals surface area contributed by atoms with Gasteiger partial charge in [0.15, 0.2) is 18.2 Å². The predicted molar refractivity (Wildman–Crippen MR) is 84.9 cm³/mol. The first-order valence-corrected chi connectivity index (χ1v) is 7.37. The lowest BCUT2D eigenvalue weighted by atomic mass is 10.2. The number of ether oxygens (including phenoxy) is 3. The van der Waals surface area contributed by atoms with Gasteiger partial charge < -0.3 is 24.8 Å². The van der Waals surface area contributed by atoms with E-state index in [0.29, 0.717) is 23.1 Å². The molecule has 0 aliphatic carbocycles. The molecule has 7 heteroatoms. The standard InChI is InChI=1S/C16H15ClN2O4/c17-12-2-4-13(5-3-12)21-9-19-16(20)18-8-11-1-6-14-15(7-11)23-10-22-14/h1-7H,8-10H2,(H2,18,19,20). The highest BCUT2D eigenvalue weighted by Crippen LogP contribution is 2.32. The Hall–Kier alpha value is -2.60. The minimum Gasteiger partial charge on any atom is -0.473 e. The Bertz CT molecular complexity index is 691. The van der Waals surface area contributed by atoms with E-state index < -0.39 is 0 Å². The summed E-state index contributed by atoms with van der Waals surface area (Å²) in [4.78, 5) is 11.7. The molecule has 0 fully saturated rings. The topological polar surface area (TPSA) is 68.8 Å². The van der Waals surface area contributed by atoms with Gasteiger partial charge in [-0.2, -0.15) is 0 Å². The van der Waals surface area contributed by atoms with Crippen molar-refractivity contribution in [3.8, 4) is 17.2 Å². The van der Waals surface area contributed by atoms with Gasteiger partial charge in [-0.05, 0) is 42.0 Å². The summed E-state index contributed by atoms with van der Waals surface area (Å²) in [7, 11) is 0. The zero-order valence-electron chi connectivity index (χ0n) is 12.2. The third kappa shape index (κ3) is 4.20. The van der Waals surface area contributed by atoms with Gasteiger partial charge in [0.25, 0.3) is 0 Å². The Morgan fingerprint density at radius 2 is 1.87 bits per heavy atom. The van der Waals surface area contributed by atoms with Crippen molar-refractivity contribution in [1.29, 1.82) is 0 Å². The Kier molecular flexibility index (Phi) is 4.73. The molecule has 1 aliphatic rings. The summed E-state index contributed by atoms with van der Waals surface area (Å²) < 4.78 is 15.9. The van der Waals surface area contributed by atoms with E-state index in [4.69, 9.17) is 25.8 Å². The highest BCUT2D eigenvalue weighted by atomic mass is 35.5. The summed E-state index contributed by atoms with van der Waals surface area (Å²) >= 11 is 5.78. The molecular formula is C16H15ClN2O4. The van der Waals surface area contributed by atoms with Crippen molar-refractivity contribution in [3.63, 3.8) is 0 Å². The SMILES string of the molecule is O=C(NCOc1ccc(Cl)cc1)NCc1ccc2c(c1)OCO2. The van der Waals surface area contributed by atoms with Gasteiger partial charge in [-0.25, -0.2) is 4.79 Å². The number of hydrogen-bond acceptors (Lipinski definition) is 4. The Labute approximate surface area is 138 Å². The number of urea groups is 1. The Morgan fingerprint density at radius 3 is 2.70 bits per heavy atom. The highest BCUT2D eigenvalue weighted by Gasteiger charge is 2.13. The molecule has 1 heterocycles. The number of fused-ring (bicyclic) bond motifs is 1. The largest absolute Gasteiger partial charge is 0.473 e. The number of nitrogens with one attached hydrogen (secondary N) is 2. The maximum absolute atomic E-state index is 11.7. The molecule has 0 saturated carbocycles. The van der Waals surface area contributed by atoms with Crippen molar-refractivity contribution in [2.75, 3.05) is 13.5 Å². The number of rotatable bonds is 5. The third-order valence-electron chi connectivity index (χ3n) is 3.18. The molecule has 23 heavy (non-hydrogen) atoms. The molecular weight excluding hydrogens is 320 g/mol. The minimum atomic E-state index is -0.323. The summed E-state index contributed by atoms with van der Waals surface area (Å²) in [6, 6.07) is 12.1. The lowest BCUT2D eigenvalue weighted by Crippen LogP contribution is -2.37. The Morgan fingerprint density at radius 1 is 1.09 bits per heavy atom. The molecule has 2 aromatic carbocycles. The zero-order valence-corrected chi connectivity index (χ0v) is 12.9. The molecule has 0 atom stereocenters. The number of halogens is 1. The number of benzene rings is 2. The number of carbonyl (C=O) groups excluding carboxylic acids is 1. The van der Waals surface area contributed by atoms with E-state index in [0.717, 1.165) is 11.3 Å². The highest BCUT2D eigenvalue weighted by molar-refractivity contribution is 6.30. The first-order valence-electron chi connectivity index (χ1n) is 6.99. The van der Waals surface area contributed by atoms with Crippen LogP contribution in [-0.4, -0.2) is 19.6 Å². The van der Waals surface area contributed by atoms with Gasteiger partial charge in [-0.3, -0.25) is 0 Å². The van der Waals surface area contributed by atoms with Crippen molar-refractivity contribution in [1.82, 2.24) is 10.6 Å². The molecule has 3 rings (SSSR count). The molecule has 0 radical (unpaired) electrons. The lowest BCUT2D eigenvalue weighted by molar-refractivity contribution is 0.174. The maximum Gasteiger partial charge on any atom is 0.317 e. The summed E-state index contributed by atoms with van der Waals surface area (Å²) in [6.07, 6.45) is 0. The van der Waals surface area contributed by atoms with Crippen LogP contribution in [0.3, 0.4) is 0 Å².